The fourth-order valence-corrected chi connectivity index (χ4v) is 2.48. The predicted octanol–water partition coefficient (Wildman–Crippen LogP) is 0.294. The number of ether oxygens (including phenoxy) is 1. The van der Waals surface area contributed by atoms with Crippen molar-refractivity contribution in [3.8, 4) is 0 Å². The van der Waals surface area contributed by atoms with E-state index in [1.165, 1.54) is 19.2 Å². The molecule has 0 radical (unpaired) electrons. The van der Waals surface area contributed by atoms with Crippen molar-refractivity contribution in [2.45, 2.75) is 24.2 Å². The highest BCUT2D eigenvalue weighted by Crippen LogP contribution is 2.08. The van der Waals surface area contributed by atoms with E-state index in [0.29, 0.717) is 37.5 Å². The minimum absolute atomic E-state index is 0.0944. The summed E-state index contributed by atoms with van der Waals surface area (Å²) in [6.07, 6.45) is 1.68. The Morgan fingerprint density at radius 3 is 2.39 bits per heavy atom. The number of esters is 1. The molecule has 0 amide bonds. The van der Waals surface area contributed by atoms with E-state index in [1.807, 2.05) is 0 Å². The third-order valence-corrected chi connectivity index (χ3v) is 4.24. The maximum atomic E-state index is 11.1. The zero-order valence-electron chi connectivity index (χ0n) is 12.9. The third-order valence-electron chi connectivity index (χ3n) is 3.02. The molecule has 0 unspecified atom stereocenters. The molecule has 0 saturated carbocycles. The van der Waals surface area contributed by atoms with Crippen LogP contribution in [0.15, 0.2) is 29.2 Å². The first-order valence-corrected chi connectivity index (χ1v) is 8.98. The number of hydrogen-bond acceptors (Lipinski definition) is 5. The highest BCUT2D eigenvalue weighted by atomic mass is 32.2. The molecule has 0 aromatic heterocycles. The molecule has 1 aromatic rings. The monoisotopic (exact) mass is 359 g/mol. The standard InChI is InChI=1S/C14H21N3O4S2/c1-21-13(18)3-2-9-16-14(22)17-10-8-11-4-6-12(7-5-11)23(15,19)20/h4-7H,2-3,8-10H2,1H3,(H2,15,19,20)(H2,16,17,22). The maximum absolute atomic E-state index is 11.1. The number of benzene rings is 1. The summed E-state index contributed by atoms with van der Waals surface area (Å²) in [7, 11) is -2.30. The third kappa shape index (κ3) is 7.91. The number of carbonyl (C=O) groups is 1. The number of hydrogen-bond donors (Lipinski definition) is 3. The molecule has 23 heavy (non-hydrogen) atoms. The van der Waals surface area contributed by atoms with Gasteiger partial charge in [-0.25, -0.2) is 13.6 Å². The van der Waals surface area contributed by atoms with Gasteiger partial charge >= 0.3 is 5.97 Å². The number of thiocarbonyl (C=S) groups is 1. The van der Waals surface area contributed by atoms with Gasteiger partial charge in [-0.1, -0.05) is 12.1 Å². The van der Waals surface area contributed by atoms with Gasteiger partial charge in [0.1, 0.15) is 0 Å². The fraction of sp³-hybridized carbons (Fsp3) is 0.429. The lowest BCUT2D eigenvalue weighted by Gasteiger charge is -2.10. The van der Waals surface area contributed by atoms with E-state index in [-0.39, 0.29) is 10.9 Å². The summed E-state index contributed by atoms with van der Waals surface area (Å²) in [5, 5.41) is 11.6. The van der Waals surface area contributed by atoms with E-state index in [4.69, 9.17) is 17.4 Å². The topological polar surface area (TPSA) is 111 Å². The lowest BCUT2D eigenvalue weighted by atomic mass is 10.1. The van der Waals surface area contributed by atoms with Gasteiger partial charge in [0, 0.05) is 19.5 Å². The van der Waals surface area contributed by atoms with Crippen molar-refractivity contribution in [2.75, 3.05) is 20.2 Å². The van der Waals surface area contributed by atoms with E-state index in [1.54, 1.807) is 12.1 Å². The molecule has 0 aliphatic heterocycles. The summed E-state index contributed by atoms with van der Waals surface area (Å²) in [4.78, 5) is 11.0. The summed E-state index contributed by atoms with van der Waals surface area (Å²) in [5.74, 6) is -0.242. The molecule has 128 valence electrons. The Labute approximate surface area is 141 Å². The van der Waals surface area contributed by atoms with Gasteiger partial charge in [-0.15, -0.1) is 0 Å². The van der Waals surface area contributed by atoms with Crippen LogP contribution in [0, 0.1) is 0 Å². The van der Waals surface area contributed by atoms with Crippen molar-refractivity contribution >= 4 is 33.3 Å². The number of carbonyl (C=O) groups excluding carboxylic acids is 1. The quantitative estimate of drug-likeness (QED) is 0.348. The number of methoxy groups -OCH3 is 1. The minimum atomic E-state index is -3.65. The van der Waals surface area contributed by atoms with Crippen LogP contribution < -0.4 is 15.8 Å². The number of sulfonamides is 1. The van der Waals surface area contributed by atoms with E-state index < -0.39 is 10.0 Å². The smallest absolute Gasteiger partial charge is 0.305 e. The van der Waals surface area contributed by atoms with Gasteiger partial charge in [0.15, 0.2) is 5.11 Å². The lowest BCUT2D eigenvalue weighted by Crippen LogP contribution is -2.37. The minimum Gasteiger partial charge on any atom is -0.469 e. The SMILES string of the molecule is COC(=O)CCCNC(=S)NCCc1ccc(S(N)(=O)=O)cc1. The van der Waals surface area contributed by atoms with E-state index in [2.05, 4.69) is 15.4 Å². The average Bonchev–Trinajstić information content (AvgIpc) is 2.51. The summed E-state index contributed by atoms with van der Waals surface area (Å²) in [6, 6.07) is 6.39. The van der Waals surface area contributed by atoms with Crippen LogP contribution in [-0.2, 0) is 26.0 Å². The Balaban J connectivity index is 2.23. The van der Waals surface area contributed by atoms with E-state index >= 15 is 0 Å². The van der Waals surface area contributed by atoms with Crippen LogP contribution in [0.5, 0.6) is 0 Å². The van der Waals surface area contributed by atoms with Crippen LogP contribution in [0.25, 0.3) is 0 Å². The molecule has 0 spiro atoms. The summed E-state index contributed by atoms with van der Waals surface area (Å²) < 4.78 is 26.8. The Morgan fingerprint density at radius 2 is 1.83 bits per heavy atom. The van der Waals surface area contributed by atoms with Gasteiger partial charge in [0.25, 0.3) is 0 Å². The van der Waals surface area contributed by atoms with Crippen LogP contribution in [0.1, 0.15) is 18.4 Å². The second kappa shape index (κ2) is 9.43. The molecule has 0 bridgehead atoms. The first kappa shape index (κ1) is 19.3. The number of nitrogens with one attached hydrogen (secondary N) is 2. The van der Waals surface area contributed by atoms with Crippen molar-refractivity contribution in [2.24, 2.45) is 5.14 Å². The lowest BCUT2D eigenvalue weighted by molar-refractivity contribution is -0.140. The van der Waals surface area contributed by atoms with Gasteiger partial charge in [0.2, 0.25) is 10.0 Å². The van der Waals surface area contributed by atoms with Gasteiger partial charge in [-0.05, 0) is 42.8 Å². The Bertz CT molecular complexity index is 630. The Hall–Kier alpha value is -1.71. The zero-order chi connectivity index (χ0) is 17.3. The van der Waals surface area contributed by atoms with Gasteiger partial charge in [-0.3, -0.25) is 4.79 Å². The van der Waals surface area contributed by atoms with Crippen molar-refractivity contribution in [1.82, 2.24) is 10.6 Å². The summed E-state index contributed by atoms with van der Waals surface area (Å²) >= 11 is 5.11. The van der Waals surface area contributed by atoms with Crippen molar-refractivity contribution in [3.63, 3.8) is 0 Å². The molecule has 1 rings (SSSR count). The number of rotatable bonds is 8. The summed E-state index contributed by atoms with van der Waals surface area (Å²) in [6.45, 7) is 1.20. The Kier molecular flexibility index (Phi) is 7.93. The van der Waals surface area contributed by atoms with E-state index in [9.17, 15) is 13.2 Å². The van der Waals surface area contributed by atoms with Crippen molar-refractivity contribution in [1.29, 1.82) is 0 Å². The van der Waals surface area contributed by atoms with E-state index in [0.717, 1.165) is 5.56 Å². The van der Waals surface area contributed by atoms with Gasteiger partial charge in [-0.2, -0.15) is 0 Å². The van der Waals surface area contributed by atoms with Crippen molar-refractivity contribution < 1.29 is 17.9 Å². The van der Waals surface area contributed by atoms with Crippen LogP contribution in [0.4, 0.5) is 0 Å². The highest BCUT2D eigenvalue weighted by molar-refractivity contribution is 7.89. The number of primary sulfonamides is 1. The van der Waals surface area contributed by atoms with Gasteiger partial charge < -0.3 is 15.4 Å². The molecule has 4 N–H and O–H groups in total. The van der Waals surface area contributed by atoms with Crippen LogP contribution >= 0.6 is 12.2 Å². The van der Waals surface area contributed by atoms with Crippen LogP contribution in [0.3, 0.4) is 0 Å². The van der Waals surface area contributed by atoms with Crippen LogP contribution in [-0.4, -0.2) is 39.7 Å². The Morgan fingerprint density at radius 1 is 1.22 bits per heavy atom. The first-order valence-electron chi connectivity index (χ1n) is 7.03. The molecule has 0 aliphatic carbocycles. The molecule has 0 heterocycles. The van der Waals surface area contributed by atoms with Gasteiger partial charge in [0.05, 0.1) is 12.0 Å². The second-order valence-corrected chi connectivity index (χ2v) is 6.77. The van der Waals surface area contributed by atoms with Crippen LogP contribution in [0.2, 0.25) is 0 Å². The highest BCUT2D eigenvalue weighted by Gasteiger charge is 2.06. The van der Waals surface area contributed by atoms with Crippen molar-refractivity contribution in [3.05, 3.63) is 29.8 Å². The average molecular weight is 359 g/mol. The molecule has 0 saturated heterocycles. The molecule has 7 nitrogen and oxygen atoms in total. The largest absolute Gasteiger partial charge is 0.469 e. The molecular weight excluding hydrogens is 338 g/mol. The summed E-state index contributed by atoms with van der Waals surface area (Å²) in [5.41, 5.74) is 0.971. The normalized spacial score (nSPS) is 10.9. The molecular formula is C14H21N3O4S2. The molecule has 0 fully saturated rings. The zero-order valence-corrected chi connectivity index (χ0v) is 14.5. The molecule has 9 heteroatoms. The molecule has 1 aromatic carbocycles. The second-order valence-electron chi connectivity index (χ2n) is 4.80. The predicted molar refractivity (Wildman–Crippen MR) is 91.4 cm³/mol. The molecule has 0 aliphatic rings. The first-order chi connectivity index (χ1) is 10.8. The maximum Gasteiger partial charge on any atom is 0.305 e. The fourth-order valence-electron chi connectivity index (χ4n) is 1.77. The molecule has 0 atom stereocenters. The number of nitrogens with two attached hydrogens (primary N) is 1.